The lowest BCUT2D eigenvalue weighted by atomic mass is 10.2. The van der Waals surface area contributed by atoms with Crippen molar-refractivity contribution >= 4 is 33.5 Å². The minimum atomic E-state index is 0.0658. The van der Waals surface area contributed by atoms with Gasteiger partial charge < -0.3 is 0 Å². The first-order valence-electron chi connectivity index (χ1n) is 5.58. The van der Waals surface area contributed by atoms with E-state index in [1.165, 1.54) is 0 Å². The van der Waals surface area contributed by atoms with Crippen LogP contribution in [0.2, 0.25) is 0 Å². The van der Waals surface area contributed by atoms with Gasteiger partial charge in [-0.05, 0) is 53.2 Å². The van der Waals surface area contributed by atoms with Gasteiger partial charge in [0.2, 0.25) is 0 Å². The van der Waals surface area contributed by atoms with E-state index in [9.17, 15) is 4.79 Å². The third-order valence-electron chi connectivity index (χ3n) is 2.55. The van der Waals surface area contributed by atoms with Gasteiger partial charge in [0.1, 0.15) is 0 Å². The SMILES string of the molecule is CC(=O)c1ccc(Sc2ccc(C#N)cc2Br)cc1. The van der Waals surface area contributed by atoms with Crippen LogP contribution in [0.3, 0.4) is 0 Å². The van der Waals surface area contributed by atoms with Crippen molar-refractivity contribution in [3.05, 3.63) is 58.1 Å². The zero-order chi connectivity index (χ0) is 13.8. The standard InChI is InChI=1S/C15H10BrNOS/c1-10(18)12-3-5-13(6-4-12)19-15-7-2-11(9-17)8-14(15)16/h2-8H,1H3. The second-order valence-corrected chi connectivity index (χ2v) is 5.91. The van der Waals surface area contributed by atoms with Gasteiger partial charge in [0.25, 0.3) is 0 Å². The van der Waals surface area contributed by atoms with E-state index in [0.717, 1.165) is 14.3 Å². The highest BCUT2D eigenvalue weighted by atomic mass is 79.9. The molecule has 2 nitrogen and oxygen atoms in total. The fourth-order valence-corrected chi connectivity index (χ4v) is 2.98. The Kier molecular flexibility index (Phi) is 4.41. The summed E-state index contributed by atoms with van der Waals surface area (Å²) in [6.07, 6.45) is 0. The molecule has 4 heteroatoms. The van der Waals surface area contributed by atoms with Gasteiger partial charge in [0, 0.05) is 19.8 Å². The van der Waals surface area contributed by atoms with E-state index in [1.807, 2.05) is 30.3 Å². The van der Waals surface area contributed by atoms with Crippen LogP contribution >= 0.6 is 27.7 Å². The van der Waals surface area contributed by atoms with Crippen LogP contribution in [-0.2, 0) is 0 Å². The van der Waals surface area contributed by atoms with Crippen molar-refractivity contribution in [3.8, 4) is 6.07 Å². The molecule has 0 aliphatic carbocycles. The Balaban J connectivity index is 2.22. The van der Waals surface area contributed by atoms with Crippen LogP contribution in [0.1, 0.15) is 22.8 Å². The summed E-state index contributed by atoms with van der Waals surface area (Å²) in [5, 5.41) is 8.82. The molecule has 0 aromatic heterocycles. The summed E-state index contributed by atoms with van der Waals surface area (Å²) >= 11 is 5.04. The molecule has 0 N–H and O–H groups in total. The highest BCUT2D eigenvalue weighted by Crippen LogP contribution is 2.34. The first-order valence-corrected chi connectivity index (χ1v) is 7.19. The molecule has 0 radical (unpaired) electrons. The Hall–Kier alpha value is -1.57. The van der Waals surface area contributed by atoms with Gasteiger partial charge in [0.05, 0.1) is 11.6 Å². The summed E-state index contributed by atoms with van der Waals surface area (Å²) in [4.78, 5) is 13.3. The van der Waals surface area contributed by atoms with E-state index in [1.54, 1.807) is 30.8 Å². The maximum absolute atomic E-state index is 11.2. The first kappa shape index (κ1) is 13.9. The number of nitriles is 1. The van der Waals surface area contributed by atoms with Crippen LogP contribution in [-0.4, -0.2) is 5.78 Å². The van der Waals surface area contributed by atoms with Crippen molar-refractivity contribution in [2.45, 2.75) is 16.7 Å². The molecule has 2 aromatic carbocycles. The van der Waals surface area contributed by atoms with Crippen molar-refractivity contribution in [2.75, 3.05) is 0 Å². The fraction of sp³-hybridized carbons (Fsp3) is 0.0667. The van der Waals surface area contributed by atoms with Gasteiger partial charge in [-0.1, -0.05) is 23.9 Å². The molecule has 0 spiro atoms. The second-order valence-electron chi connectivity index (χ2n) is 3.94. The lowest BCUT2D eigenvalue weighted by molar-refractivity contribution is 0.101. The molecule has 0 fully saturated rings. The van der Waals surface area contributed by atoms with E-state index < -0.39 is 0 Å². The minimum absolute atomic E-state index is 0.0658. The Bertz CT molecular complexity index is 659. The van der Waals surface area contributed by atoms with Crippen molar-refractivity contribution in [2.24, 2.45) is 0 Å². The number of hydrogen-bond donors (Lipinski definition) is 0. The van der Waals surface area contributed by atoms with E-state index in [-0.39, 0.29) is 5.78 Å². The third kappa shape index (κ3) is 3.46. The van der Waals surface area contributed by atoms with Crippen LogP contribution < -0.4 is 0 Å². The van der Waals surface area contributed by atoms with Crippen LogP contribution in [0.5, 0.6) is 0 Å². The molecule has 94 valence electrons. The number of carbonyl (C=O) groups excluding carboxylic acids is 1. The van der Waals surface area contributed by atoms with Crippen LogP contribution in [0, 0.1) is 11.3 Å². The summed E-state index contributed by atoms with van der Waals surface area (Å²) in [5.41, 5.74) is 1.34. The Morgan fingerprint density at radius 2 is 1.89 bits per heavy atom. The van der Waals surface area contributed by atoms with Crippen molar-refractivity contribution in [1.82, 2.24) is 0 Å². The maximum Gasteiger partial charge on any atom is 0.159 e. The van der Waals surface area contributed by atoms with Crippen molar-refractivity contribution < 1.29 is 4.79 Å². The normalized spacial score (nSPS) is 9.95. The monoisotopic (exact) mass is 331 g/mol. The third-order valence-corrected chi connectivity index (χ3v) is 4.55. The number of hydrogen-bond acceptors (Lipinski definition) is 3. The quantitative estimate of drug-likeness (QED) is 0.767. The molecule has 0 aliphatic heterocycles. The molecule has 2 rings (SSSR count). The lowest BCUT2D eigenvalue weighted by Gasteiger charge is -2.05. The first-order chi connectivity index (χ1) is 9.10. The molecule has 19 heavy (non-hydrogen) atoms. The average Bonchev–Trinajstić information content (AvgIpc) is 2.41. The molecule has 0 atom stereocenters. The van der Waals surface area contributed by atoms with Gasteiger partial charge in [0.15, 0.2) is 5.78 Å². The summed E-state index contributed by atoms with van der Waals surface area (Å²) in [6, 6.07) is 15.1. The summed E-state index contributed by atoms with van der Waals surface area (Å²) in [7, 11) is 0. The number of halogens is 1. The van der Waals surface area contributed by atoms with E-state index in [0.29, 0.717) is 11.1 Å². The van der Waals surface area contributed by atoms with Gasteiger partial charge >= 0.3 is 0 Å². The molecular formula is C15H10BrNOS. The molecule has 0 aliphatic rings. The zero-order valence-electron chi connectivity index (χ0n) is 10.2. The second kappa shape index (κ2) is 6.05. The van der Waals surface area contributed by atoms with E-state index in [2.05, 4.69) is 22.0 Å². The molecule has 0 saturated carbocycles. The van der Waals surface area contributed by atoms with Gasteiger partial charge in [-0.2, -0.15) is 5.26 Å². The lowest BCUT2D eigenvalue weighted by Crippen LogP contribution is -1.90. The maximum atomic E-state index is 11.2. The number of carbonyl (C=O) groups is 1. The average molecular weight is 332 g/mol. The zero-order valence-corrected chi connectivity index (χ0v) is 12.6. The Labute approximate surface area is 124 Å². The largest absolute Gasteiger partial charge is 0.295 e. The summed E-state index contributed by atoms with van der Waals surface area (Å²) in [5.74, 6) is 0.0658. The molecular weight excluding hydrogens is 322 g/mol. The number of nitrogens with zero attached hydrogens (tertiary/aromatic N) is 1. The van der Waals surface area contributed by atoms with Gasteiger partial charge in [-0.15, -0.1) is 0 Å². The highest BCUT2D eigenvalue weighted by molar-refractivity contribution is 9.10. The molecule has 0 bridgehead atoms. The Morgan fingerprint density at radius 1 is 1.21 bits per heavy atom. The van der Waals surface area contributed by atoms with Crippen molar-refractivity contribution in [3.63, 3.8) is 0 Å². The topological polar surface area (TPSA) is 40.9 Å². The summed E-state index contributed by atoms with van der Waals surface area (Å²) in [6.45, 7) is 1.55. The number of rotatable bonds is 3. The molecule has 2 aromatic rings. The number of Topliss-reactive ketones (excluding diaryl/α,β-unsaturated/α-hetero) is 1. The molecule has 0 heterocycles. The van der Waals surface area contributed by atoms with E-state index >= 15 is 0 Å². The fourth-order valence-electron chi connectivity index (χ4n) is 1.54. The van der Waals surface area contributed by atoms with Gasteiger partial charge in [-0.25, -0.2) is 0 Å². The smallest absolute Gasteiger partial charge is 0.159 e. The van der Waals surface area contributed by atoms with Crippen molar-refractivity contribution in [1.29, 1.82) is 5.26 Å². The van der Waals surface area contributed by atoms with Crippen LogP contribution in [0.25, 0.3) is 0 Å². The predicted octanol–water partition coefficient (Wildman–Crippen LogP) is 4.67. The predicted molar refractivity (Wildman–Crippen MR) is 79.4 cm³/mol. The highest BCUT2D eigenvalue weighted by Gasteiger charge is 2.05. The molecule has 0 unspecified atom stereocenters. The number of benzene rings is 2. The molecule has 0 amide bonds. The summed E-state index contributed by atoms with van der Waals surface area (Å²) < 4.78 is 0.896. The minimum Gasteiger partial charge on any atom is -0.295 e. The Morgan fingerprint density at radius 3 is 2.42 bits per heavy atom. The van der Waals surface area contributed by atoms with E-state index in [4.69, 9.17) is 5.26 Å². The van der Waals surface area contributed by atoms with Gasteiger partial charge in [-0.3, -0.25) is 4.79 Å². The number of ketones is 1. The van der Waals surface area contributed by atoms with Crippen LogP contribution in [0.15, 0.2) is 56.7 Å². The molecule has 0 saturated heterocycles. The van der Waals surface area contributed by atoms with Crippen LogP contribution in [0.4, 0.5) is 0 Å².